The van der Waals surface area contributed by atoms with E-state index in [4.69, 9.17) is 9.40 Å². The average molecular weight is 532 g/mol. The summed E-state index contributed by atoms with van der Waals surface area (Å²) >= 11 is 0. The second kappa shape index (κ2) is 10.6. The van der Waals surface area contributed by atoms with Gasteiger partial charge in [-0.3, -0.25) is 4.72 Å². The van der Waals surface area contributed by atoms with E-state index in [2.05, 4.69) is 68.4 Å². The van der Waals surface area contributed by atoms with E-state index >= 15 is 0 Å². The Morgan fingerprint density at radius 2 is 1.79 bits per heavy atom. The quantitative estimate of drug-likeness (QED) is 0.245. The maximum atomic E-state index is 11.8. The van der Waals surface area contributed by atoms with E-state index in [-0.39, 0.29) is 6.04 Å². The summed E-state index contributed by atoms with van der Waals surface area (Å²) in [7, 11) is -3.46. The first kappa shape index (κ1) is 25.4. The van der Waals surface area contributed by atoms with Crippen LogP contribution in [0.15, 0.2) is 71.1 Å². The van der Waals surface area contributed by atoms with Gasteiger partial charge in [-0.15, -0.1) is 10.2 Å². The predicted molar refractivity (Wildman–Crippen MR) is 148 cm³/mol. The number of benzene rings is 3. The number of rotatable bonds is 10. The van der Waals surface area contributed by atoms with Gasteiger partial charge in [0.2, 0.25) is 15.8 Å². The summed E-state index contributed by atoms with van der Waals surface area (Å²) in [6, 6.07) is 22.0. The van der Waals surface area contributed by atoms with Crippen molar-refractivity contribution in [3.63, 3.8) is 0 Å². The lowest BCUT2D eigenvalue weighted by atomic mass is 9.97. The van der Waals surface area contributed by atoms with Crippen LogP contribution < -0.4 is 9.62 Å². The number of oxazole rings is 1. The van der Waals surface area contributed by atoms with Crippen molar-refractivity contribution in [2.24, 2.45) is 0 Å². The monoisotopic (exact) mass is 531 g/mol. The Bertz CT molecular complexity index is 1630. The molecule has 0 bridgehead atoms. The molecule has 0 radical (unpaired) electrons. The first-order valence-corrected chi connectivity index (χ1v) is 14.3. The van der Waals surface area contributed by atoms with E-state index < -0.39 is 10.0 Å². The summed E-state index contributed by atoms with van der Waals surface area (Å²) in [4.78, 5) is 6.83. The third-order valence-corrected chi connectivity index (χ3v) is 6.98. The third kappa shape index (κ3) is 5.37. The van der Waals surface area contributed by atoms with Crippen LogP contribution in [-0.2, 0) is 10.0 Å². The smallest absolute Gasteiger partial charge is 0.298 e. The van der Waals surface area contributed by atoms with Crippen molar-refractivity contribution in [3.05, 3.63) is 72.3 Å². The van der Waals surface area contributed by atoms with Gasteiger partial charge in [-0.25, -0.2) is 8.42 Å². The lowest BCUT2D eigenvalue weighted by molar-refractivity contribution is 0.524. The van der Waals surface area contributed by atoms with E-state index in [9.17, 15) is 8.42 Å². The van der Waals surface area contributed by atoms with Gasteiger partial charge in [0.05, 0.1) is 18.0 Å². The number of hydrogen-bond acceptors (Lipinski definition) is 8. The number of para-hydroxylation sites is 1. The Kier molecular flexibility index (Phi) is 7.10. The first-order valence-electron chi connectivity index (χ1n) is 12.4. The minimum absolute atomic E-state index is 0.0394. The van der Waals surface area contributed by atoms with Gasteiger partial charge in [-0.2, -0.15) is 10.2 Å². The fraction of sp³-hybridized carbons (Fsp3) is 0.259. The number of sulfonamides is 1. The highest BCUT2D eigenvalue weighted by Crippen LogP contribution is 2.34. The van der Waals surface area contributed by atoms with Crippen molar-refractivity contribution in [1.29, 1.82) is 0 Å². The van der Waals surface area contributed by atoms with Crippen molar-refractivity contribution in [2.45, 2.75) is 32.7 Å². The van der Waals surface area contributed by atoms with Crippen LogP contribution in [0.3, 0.4) is 0 Å². The molecule has 5 aromatic rings. The number of hydrogen-bond donors (Lipinski definition) is 2. The Hall–Kier alpha value is -4.25. The van der Waals surface area contributed by atoms with Gasteiger partial charge in [-0.05, 0) is 47.4 Å². The normalized spacial score (nSPS) is 12.5. The van der Waals surface area contributed by atoms with Crippen LogP contribution in [0, 0.1) is 0 Å². The van der Waals surface area contributed by atoms with Crippen molar-refractivity contribution in [1.82, 2.24) is 25.6 Å². The minimum atomic E-state index is -3.46. The number of tetrazole rings is 1. The van der Waals surface area contributed by atoms with Crippen molar-refractivity contribution in [2.75, 3.05) is 22.4 Å². The lowest BCUT2D eigenvalue weighted by Crippen LogP contribution is -2.28. The lowest BCUT2D eigenvalue weighted by Gasteiger charge is -2.28. The van der Waals surface area contributed by atoms with Crippen molar-refractivity contribution < 1.29 is 12.8 Å². The Balaban J connectivity index is 1.47. The van der Waals surface area contributed by atoms with Crippen molar-refractivity contribution in [3.8, 4) is 22.5 Å². The summed E-state index contributed by atoms with van der Waals surface area (Å²) in [5, 5.41) is 14.5. The number of fused-ring (bicyclic) bond motifs is 1. The molecule has 0 aliphatic rings. The zero-order chi connectivity index (χ0) is 26.7. The fourth-order valence-electron chi connectivity index (χ4n) is 4.45. The van der Waals surface area contributed by atoms with E-state index in [1.165, 1.54) is 0 Å². The van der Waals surface area contributed by atoms with E-state index in [1.54, 1.807) is 18.2 Å². The van der Waals surface area contributed by atoms with Crippen LogP contribution >= 0.6 is 0 Å². The molecule has 0 aliphatic carbocycles. The van der Waals surface area contributed by atoms with Crippen LogP contribution in [0.25, 0.3) is 33.6 Å². The number of H-pyrrole nitrogens is 1. The summed E-state index contributed by atoms with van der Waals surface area (Å²) in [6.45, 7) is 4.99. The molecular weight excluding hydrogens is 502 g/mol. The molecule has 1 atom stereocenters. The zero-order valence-electron chi connectivity index (χ0n) is 21.4. The SMILES string of the molecule is CCCCN(c1nc2c(NS(C)(=O)=O)cccc2o1)[C@H](C)c1ccc(-c2ccccc2-c2nn[nH]n2)cc1. The molecule has 5 rings (SSSR count). The molecule has 2 heterocycles. The molecule has 10 nitrogen and oxygen atoms in total. The van der Waals surface area contributed by atoms with Crippen LogP contribution in [-0.4, -0.2) is 46.8 Å². The van der Waals surface area contributed by atoms with Gasteiger partial charge >= 0.3 is 0 Å². The minimum Gasteiger partial charge on any atom is -0.423 e. The molecule has 0 fully saturated rings. The Morgan fingerprint density at radius 1 is 1.03 bits per heavy atom. The highest BCUT2D eigenvalue weighted by Gasteiger charge is 2.23. The van der Waals surface area contributed by atoms with Crippen LogP contribution in [0.2, 0.25) is 0 Å². The average Bonchev–Trinajstić information content (AvgIpc) is 3.59. The number of nitrogens with one attached hydrogen (secondary N) is 2. The molecule has 0 unspecified atom stereocenters. The van der Waals surface area contributed by atoms with E-state index in [0.29, 0.717) is 28.6 Å². The van der Waals surface area contributed by atoms with Gasteiger partial charge in [-0.1, -0.05) is 67.9 Å². The first-order chi connectivity index (χ1) is 18.3. The summed E-state index contributed by atoms with van der Waals surface area (Å²) in [5.74, 6) is 0.546. The maximum absolute atomic E-state index is 11.8. The molecule has 2 N–H and O–H groups in total. The van der Waals surface area contributed by atoms with Crippen LogP contribution in [0.5, 0.6) is 0 Å². The summed E-state index contributed by atoms with van der Waals surface area (Å²) in [5.41, 5.74) is 5.45. The van der Waals surface area contributed by atoms with Gasteiger partial charge in [0.15, 0.2) is 5.58 Å². The molecule has 0 saturated heterocycles. The number of unbranched alkanes of at least 4 members (excludes halogenated alkanes) is 1. The number of aromatic nitrogens is 5. The zero-order valence-corrected chi connectivity index (χ0v) is 22.2. The molecule has 0 saturated carbocycles. The van der Waals surface area contributed by atoms with Gasteiger partial charge < -0.3 is 9.32 Å². The summed E-state index contributed by atoms with van der Waals surface area (Å²) < 4.78 is 32.4. The van der Waals surface area contributed by atoms with Crippen molar-refractivity contribution >= 4 is 32.8 Å². The number of aromatic amines is 1. The third-order valence-electron chi connectivity index (χ3n) is 6.39. The fourth-order valence-corrected chi connectivity index (χ4v) is 5.02. The molecule has 0 amide bonds. The molecular formula is C27H29N7O3S. The molecule has 196 valence electrons. The van der Waals surface area contributed by atoms with E-state index in [1.807, 2.05) is 24.3 Å². The van der Waals surface area contributed by atoms with Crippen LogP contribution in [0.4, 0.5) is 11.7 Å². The second-order valence-electron chi connectivity index (χ2n) is 9.15. The molecule has 0 aliphatic heterocycles. The maximum Gasteiger partial charge on any atom is 0.298 e. The number of nitrogens with zero attached hydrogens (tertiary/aromatic N) is 5. The Labute approximate surface area is 221 Å². The molecule has 38 heavy (non-hydrogen) atoms. The highest BCUT2D eigenvalue weighted by atomic mass is 32.2. The van der Waals surface area contributed by atoms with Gasteiger partial charge in [0.1, 0.15) is 5.52 Å². The van der Waals surface area contributed by atoms with Gasteiger partial charge in [0.25, 0.3) is 6.01 Å². The number of anilines is 2. The molecule has 2 aromatic heterocycles. The molecule has 11 heteroatoms. The predicted octanol–water partition coefficient (Wildman–Crippen LogP) is 5.41. The second-order valence-corrected chi connectivity index (χ2v) is 10.9. The Morgan fingerprint density at radius 3 is 2.47 bits per heavy atom. The standard InChI is InChI=1S/C27H29N7O3S/c1-4-5-17-34(27-28-25-23(31-38(3,35)36)11-8-12-24(25)37-27)18(2)19-13-15-20(16-14-19)21-9-6-7-10-22(21)26-29-32-33-30-26/h6-16,18,31H,4-5,17H2,1-3H3,(H,29,30,32,33)/t18-/m1/s1. The topological polar surface area (TPSA) is 130 Å². The van der Waals surface area contributed by atoms with E-state index in [0.717, 1.165) is 47.9 Å². The van der Waals surface area contributed by atoms with Gasteiger partial charge in [0, 0.05) is 12.1 Å². The highest BCUT2D eigenvalue weighted by molar-refractivity contribution is 7.92. The summed E-state index contributed by atoms with van der Waals surface area (Å²) in [6.07, 6.45) is 3.08. The molecule has 3 aromatic carbocycles. The largest absolute Gasteiger partial charge is 0.423 e. The molecule has 0 spiro atoms. The van der Waals surface area contributed by atoms with Crippen LogP contribution in [0.1, 0.15) is 38.3 Å².